The van der Waals surface area contributed by atoms with Gasteiger partial charge in [0.15, 0.2) is 0 Å². The summed E-state index contributed by atoms with van der Waals surface area (Å²) in [5.74, 6) is 0.985. The van der Waals surface area contributed by atoms with Crippen molar-refractivity contribution in [2.24, 2.45) is 0 Å². The fourth-order valence-electron chi connectivity index (χ4n) is 6.02. The number of ether oxygens (including phenoxy) is 2. The van der Waals surface area contributed by atoms with Gasteiger partial charge in [-0.05, 0) is 91.0 Å². The van der Waals surface area contributed by atoms with Crippen LogP contribution in [0.1, 0.15) is 40.7 Å². The molecule has 0 atom stereocenters. The maximum absolute atomic E-state index is 5.88. The summed E-state index contributed by atoms with van der Waals surface area (Å²) in [6.45, 7) is 10.4. The number of morpholine rings is 1. The van der Waals surface area contributed by atoms with Crippen LogP contribution < -0.4 is 4.74 Å². The van der Waals surface area contributed by atoms with Crippen LogP contribution in [0, 0.1) is 6.92 Å². The van der Waals surface area contributed by atoms with Gasteiger partial charge in [0.2, 0.25) is 0 Å². The van der Waals surface area contributed by atoms with Crippen molar-refractivity contribution in [1.82, 2.24) is 9.80 Å². The number of methoxy groups -OCH3 is 1. The summed E-state index contributed by atoms with van der Waals surface area (Å²) >= 11 is 1.93. The van der Waals surface area contributed by atoms with Crippen molar-refractivity contribution >= 4 is 21.4 Å². The molecule has 2 aliphatic heterocycles. The first-order valence-electron chi connectivity index (χ1n) is 14.5. The number of hydrogen-bond acceptors (Lipinski definition) is 5. The molecule has 6 rings (SSSR count). The van der Waals surface area contributed by atoms with Crippen LogP contribution in [0.3, 0.4) is 0 Å². The zero-order chi connectivity index (χ0) is 26.6. The Kier molecular flexibility index (Phi) is 8.31. The SMILES string of the molecule is COc1cc(Cc2c(-c3ccc(CCN4CCCC4)cc3)sc3cc(C)ccc23)ccc1CN1CCOCC1. The van der Waals surface area contributed by atoms with Gasteiger partial charge in [0.05, 0.1) is 20.3 Å². The Hall–Kier alpha value is -2.70. The molecule has 204 valence electrons. The summed E-state index contributed by atoms with van der Waals surface area (Å²) in [7, 11) is 1.79. The molecule has 4 aromatic rings. The molecule has 0 saturated carbocycles. The van der Waals surface area contributed by atoms with E-state index in [4.69, 9.17) is 9.47 Å². The molecule has 2 fully saturated rings. The molecule has 4 nitrogen and oxygen atoms in total. The fraction of sp³-hybridized carbons (Fsp3) is 0.412. The van der Waals surface area contributed by atoms with Crippen molar-refractivity contribution in [3.8, 4) is 16.2 Å². The van der Waals surface area contributed by atoms with Crippen molar-refractivity contribution < 1.29 is 9.47 Å². The molecular weight excluding hydrogens is 500 g/mol. The van der Waals surface area contributed by atoms with Gasteiger partial charge in [-0.1, -0.05) is 48.5 Å². The van der Waals surface area contributed by atoms with E-state index in [0.29, 0.717) is 0 Å². The maximum atomic E-state index is 5.88. The summed E-state index contributed by atoms with van der Waals surface area (Å²) < 4.78 is 12.8. The van der Waals surface area contributed by atoms with Crippen LogP contribution in [0.15, 0.2) is 60.7 Å². The number of rotatable bonds is 9. The lowest BCUT2D eigenvalue weighted by Gasteiger charge is -2.27. The van der Waals surface area contributed by atoms with Crippen LogP contribution in [-0.4, -0.2) is 62.8 Å². The molecule has 39 heavy (non-hydrogen) atoms. The Balaban J connectivity index is 1.26. The number of benzene rings is 3. The van der Waals surface area contributed by atoms with Gasteiger partial charge < -0.3 is 14.4 Å². The van der Waals surface area contributed by atoms with E-state index in [0.717, 1.165) is 51.4 Å². The standard InChI is InChI=1S/C34H40N2O2S/c1-25-5-12-30-31(22-27-8-11-29(32(23-27)37-2)24-36-17-19-38-20-18-36)34(39-33(30)21-25)28-9-6-26(7-10-28)13-16-35-14-3-4-15-35/h5-12,21,23H,3-4,13-20,22,24H2,1-2H3. The van der Waals surface area contributed by atoms with E-state index >= 15 is 0 Å². The number of fused-ring (bicyclic) bond motifs is 1. The van der Waals surface area contributed by atoms with Gasteiger partial charge in [0.1, 0.15) is 5.75 Å². The number of nitrogens with zero attached hydrogens (tertiary/aromatic N) is 2. The smallest absolute Gasteiger partial charge is 0.123 e. The van der Waals surface area contributed by atoms with Gasteiger partial charge in [-0.2, -0.15) is 0 Å². The van der Waals surface area contributed by atoms with Gasteiger partial charge in [-0.25, -0.2) is 0 Å². The summed E-state index contributed by atoms with van der Waals surface area (Å²) in [4.78, 5) is 6.43. The highest BCUT2D eigenvalue weighted by Crippen LogP contribution is 2.41. The fourth-order valence-corrected chi connectivity index (χ4v) is 7.34. The molecule has 0 N–H and O–H groups in total. The third kappa shape index (κ3) is 6.22. The highest BCUT2D eigenvalue weighted by molar-refractivity contribution is 7.22. The number of hydrogen-bond donors (Lipinski definition) is 0. The first kappa shape index (κ1) is 26.5. The summed E-state index contributed by atoms with van der Waals surface area (Å²) in [6.07, 6.45) is 4.74. The quantitative estimate of drug-likeness (QED) is 0.229. The van der Waals surface area contributed by atoms with Crippen LogP contribution in [0.2, 0.25) is 0 Å². The van der Waals surface area contributed by atoms with Crippen molar-refractivity contribution in [2.45, 2.75) is 39.2 Å². The minimum atomic E-state index is 0.813. The Labute approximate surface area is 237 Å². The molecule has 0 bridgehead atoms. The van der Waals surface area contributed by atoms with E-state index in [1.165, 1.54) is 80.8 Å². The van der Waals surface area contributed by atoms with Gasteiger partial charge >= 0.3 is 0 Å². The highest BCUT2D eigenvalue weighted by atomic mass is 32.1. The molecule has 0 unspecified atom stereocenters. The van der Waals surface area contributed by atoms with Gasteiger partial charge in [0.25, 0.3) is 0 Å². The van der Waals surface area contributed by atoms with E-state index in [1.807, 2.05) is 11.3 Å². The van der Waals surface area contributed by atoms with E-state index in [9.17, 15) is 0 Å². The van der Waals surface area contributed by atoms with Crippen LogP contribution in [0.5, 0.6) is 5.75 Å². The molecule has 3 aromatic carbocycles. The molecule has 0 amide bonds. The predicted molar refractivity (Wildman–Crippen MR) is 163 cm³/mol. The molecule has 0 spiro atoms. The van der Waals surface area contributed by atoms with E-state index in [-0.39, 0.29) is 0 Å². The van der Waals surface area contributed by atoms with E-state index < -0.39 is 0 Å². The average molecular weight is 541 g/mol. The summed E-state index contributed by atoms with van der Waals surface area (Å²) in [6, 6.07) is 23.1. The van der Waals surface area contributed by atoms with Crippen LogP contribution >= 0.6 is 11.3 Å². The molecule has 2 saturated heterocycles. The van der Waals surface area contributed by atoms with Crippen molar-refractivity contribution in [3.63, 3.8) is 0 Å². The first-order chi connectivity index (χ1) is 19.2. The topological polar surface area (TPSA) is 24.9 Å². The predicted octanol–water partition coefficient (Wildman–Crippen LogP) is 6.95. The third-order valence-corrected chi connectivity index (χ3v) is 9.55. The van der Waals surface area contributed by atoms with E-state index in [2.05, 4.69) is 77.4 Å². The normalized spacial score (nSPS) is 16.8. The minimum Gasteiger partial charge on any atom is -0.496 e. The van der Waals surface area contributed by atoms with E-state index in [1.54, 1.807) is 7.11 Å². The lowest BCUT2D eigenvalue weighted by Crippen LogP contribution is -2.35. The van der Waals surface area contributed by atoms with Crippen LogP contribution in [-0.2, 0) is 24.1 Å². The maximum Gasteiger partial charge on any atom is 0.123 e. The highest BCUT2D eigenvalue weighted by Gasteiger charge is 2.18. The zero-order valence-electron chi connectivity index (χ0n) is 23.4. The molecule has 3 heterocycles. The molecule has 0 aliphatic carbocycles. The molecule has 1 aromatic heterocycles. The summed E-state index contributed by atoms with van der Waals surface area (Å²) in [5, 5.41) is 1.37. The van der Waals surface area contributed by atoms with Crippen LogP contribution in [0.4, 0.5) is 0 Å². The molecular formula is C34H40N2O2S. The van der Waals surface area contributed by atoms with Crippen molar-refractivity contribution in [1.29, 1.82) is 0 Å². The van der Waals surface area contributed by atoms with Crippen molar-refractivity contribution in [2.75, 3.05) is 53.0 Å². The third-order valence-electron chi connectivity index (χ3n) is 8.31. The lowest BCUT2D eigenvalue weighted by molar-refractivity contribution is 0.0339. The van der Waals surface area contributed by atoms with Crippen LogP contribution in [0.25, 0.3) is 20.5 Å². The first-order valence-corrected chi connectivity index (χ1v) is 15.3. The largest absolute Gasteiger partial charge is 0.496 e. The van der Waals surface area contributed by atoms with Gasteiger partial charge in [-0.3, -0.25) is 4.90 Å². The van der Waals surface area contributed by atoms with Gasteiger partial charge in [0, 0.05) is 41.3 Å². The number of aryl methyl sites for hydroxylation is 1. The zero-order valence-corrected chi connectivity index (χ0v) is 24.2. The lowest BCUT2D eigenvalue weighted by atomic mass is 9.97. The Morgan fingerprint density at radius 1 is 0.846 bits per heavy atom. The van der Waals surface area contributed by atoms with Gasteiger partial charge in [-0.15, -0.1) is 11.3 Å². The second-order valence-corrected chi connectivity index (χ2v) is 12.2. The Morgan fingerprint density at radius 2 is 1.62 bits per heavy atom. The second-order valence-electron chi connectivity index (χ2n) is 11.1. The Bertz CT molecular complexity index is 1400. The van der Waals surface area contributed by atoms with Crippen molar-refractivity contribution in [3.05, 3.63) is 88.5 Å². The monoisotopic (exact) mass is 540 g/mol. The summed E-state index contributed by atoms with van der Waals surface area (Å²) in [5.41, 5.74) is 8.03. The molecule has 0 radical (unpaired) electrons. The molecule has 5 heteroatoms. The number of likely N-dealkylation sites (tertiary alicyclic amines) is 1. The molecule has 2 aliphatic rings. The average Bonchev–Trinajstić information content (AvgIpc) is 3.61. The minimum absolute atomic E-state index is 0.813. The Morgan fingerprint density at radius 3 is 2.38 bits per heavy atom. The second kappa shape index (κ2) is 12.2. The number of thiophene rings is 1.